The van der Waals surface area contributed by atoms with Crippen LogP contribution in [0.4, 0.5) is 14.6 Å². The maximum Gasteiger partial charge on any atom is 0.387 e. The van der Waals surface area contributed by atoms with Crippen molar-refractivity contribution >= 4 is 22.6 Å². The minimum Gasteiger partial charge on any atom is -0.435 e. The second-order valence-electron chi connectivity index (χ2n) is 4.85. The highest BCUT2D eigenvalue weighted by Crippen LogP contribution is 2.22. The molecule has 0 spiro atoms. The number of rotatable bonds is 4. The third-order valence-corrected chi connectivity index (χ3v) is 3.09. The van der Waals surface area contributed by atoms with Gasteiger partial charge in [-0.2, -0.15) is 13.9 Å². The SMILES string of the molecule is Cc1cc(NC(=O)c2cnc3cc(OC(F)F)ccc3c2)n[nH]1.[HH]. The predicted molar refractivity (Wildman–Crippen MR) is 81.8 cm³/mol. The molecule has 0 aliphatic rings. The number of anilines is 1. The minimum absolute atomic E-state index is 0. The number of aromatic amines is 1. The molecule has 120 valence electrons. The number of benzene rings is 1. The maximum atomic E-state index is 12.2. The van der Waals surface area contributed by atoms with Crippen molar-refractivity contribution in [1.29, 1.82) is 0 Å². The van der Waals surface area contributed by atoms with Gasteiger partial charge in [-0.15, -0.1) is 0 Å². The summed E-state index contributed by atoms with van der Waals surface area (Å²) in [6.07, 6.45) is 1.36. The number of H-pyrrole nitrogens is 1. The van der Waals surface area contributed by atoms with E-state index in [4.69, 9.17) is 0 Å². The smallest absolute Gasteiger partial charge is 0.387 e. The van der Waals surface area contributed by atoms with Crippen LogP contribution in [-0.4, -0.2) is 27.7 Å². The van der Waals surface area contributed by atoms with Gasteiger partial charge in [-0.3, -0.25) is 14.9 Å². The van der Waals surface area contributed by atoms with Gasteiger partial charge in [0.15, 0.2) is 5.82 Å². The Morgan fingerprint density at radius 3 is 2.87 bits per heavy atom. The molecule has 3 aromatic rings. The number of nitrogens with zero attached hydrogens (tertiary/aromatic N) is 2. The summed E-state index contributed by atoms with van der Waals surface area (Å²) in [7, 11) is 0. The fourth-order valence-electron chi connectivity index (χ4n) is 2.07. The van der Waals surface area contributed by atoms with E-state index in [0.717, 1.165) is 5.69 Å². The van der Waals surface area contributed by atoms with Crippen molar-refractivity contribution < 1.29 is 19.7 Å². The van der Waals surface area contributed by atoms with Gasteiger partial charge in [-0.25, -0.2) is 0 Å². The molecule has 0 fully saturated rings. The minimum atomic E-state index is -2.89. The zero-order chi connectivity index (χ0) is 16.4. The number of hydrogen-bond donors (Lipinski definition) is 2. The molecule has 0 radical (unpaired) electrons. The van der Waals surface area contributed by atoms with Crippen molar-refractivity contribution in [1.82, 2.24) is 15.2 Å². The van der Waals surface area contributed by atoms with Crippen molar-refractivity contribution in [2.45, 2.75) is 13.5 Å². The van der Waals surface area contributed by atoms with Crippen LogP contribution in [-0.2, 0) is 0 Å². The van der Waals surface area contributed by atoms with Gasteiger partial charge in [0.1, 0.15) is 5.75 Å². The van der Waals surface area contributed by atoms with Crippen LogP contribution in [0.1, 0.15) is 17.5 Å². The number of halogens is 2. The van der Waals surface area contributed by atoms with Gasteiger partial charge >= 0.3 is 6.61 Å². The molecule has 2 N–H and O–H groups in total. The van der Waals surface area contributed by atoms with Crippen LogP contribution in [0, 0.1) is 6.92 Å². The van der Waals surface area contributed by atoms with E-state index in [1.165, 1.54) is 18.3 Å². The molecular formula is C15H14F2N4O2. The van der Waals surface area contributed by atoms with Gasteiger partial charge in [0.05, 0.1) is 11.1 Å². The normalized spacial score (nSPS) is 11.0. The lowest BCUT2D eigenvalue weighted by Gasteiger charge is -2.06. The van der Waals surface area contributed by atoms with Crippen molar-refractivity contribution in [2.24, 2.45) is 0 Å². The monoisotopic (exact) mass is 320 g/mol. The van der Waals surface area contributed by atoms with Gasteiger partial charge in [0.2, 0.25) is 0 Å². The van der Waals surface area contributed by atoms with E-state index in [0.29, 0.717) is 22.3 Å². The summed E-state index contributed by atoms with van der Waals surface area (Å²) in [5.41, 5.74) is 1.61. The number of carbonyl (C=O) groups excluding carboxylic acids is 1. The lowest BCUT2D eigenvalue weighted by Crippen LogP contribution is -2.12. The third kappa shape index (κ3) is 3.42. The molecule has 1 aromatic carbocycles. The topological polar surface area (TPSA) is 79.9 Å². The Morgan fingerprint density at radius 1 is 1.35 bits per heavy atom. The number of pyridine rings is 1. The van der Waals surface area contributed by atoms with Crippen molar-refractivity contribution in [2.75, 3.05) is 5.32 Å². The molecule has 0 saturated heterocycles. The zero-order valence-electron chi connectivity index (χ0n) is 12.0. The number of amides is 1. The lowest BCUT2D eigenvalue weighted by molar-refractivity contribution is -0.0497. The first-order chi connectivity index (χ1) is 11.0. The fourth-order valence-corrected chi connectivity index (χ4v) is 2.07. The first-order valence-electron chi connectivity index (χ1n) is 6.69. The van der Waals surface area contributed by atoms with Gasteiger partial charge in [-0.1, -0.05) is 0 Å². The highest BCUT2D eigenvalue weighted by molar-refractivity contribution is 6.05. The molecule has 0 atom stereocenters. The third-order valence-electron chi connectivity index (χ3n) is 3.09. The molecule has 0 unspecified atom stereocenters. The molecule has 23 heavy (non-hydrogen) atoms. The molecule has 8 heteroatoms. The molecule has 6 nitrogen and oxygen atoms in total. The highest BCUT2D eigenvalue weighted by Gasteiger charge is 2.11. The van der Waals surface area contributed by atoms with Gasteiger partial charge in [0, 0.05) is 30.8 Å². The van der Waals surface area contributed by atoms with E-state index in [2.05, 4.69) is 25.2 Å². The fraction of sp³-hybridized carbons (Fsp3) is 0.133. The number of hydrogen-bond acceptors (Lipinski definition) is 4. The number of fused-ring (bicyclic) bond motifs is 1. The van der Waals surface area contributed by atoms with E-state index < -0.39 is 6.61 Å². The van der Waals surface area contributed by atoms with E-state index in [1.807, 2.05) is 6.92 Å². The van der Waals surface area contributed by atoms with Gasteiger partial charge in [-0.05, 0) is 25.1 Å². The first-order valence-corrected chi connectivity index (χ1v) is 6.69. The Balaban J connectivity index is 0.00000208. The van der Waals surface area contributed by atoms with Crippen molar-refractivity contribution in [3.05, 3.63) is 47.8 Å². The number of aromatic nitrogens is 3. The molecule has 0 saturated carbocycles. The molecule has 2 aromatic heterocycles. The summed E-state index contributed by atoms with van der Waals surface area (Å²) in [5.74, 6) is 0.0660. The van der Waals surface area contributed by atoms with Crippen LogP contribution in [0.2, 0.25) is 0 Å². The number of nitrogens with one attached hydrogen (secondary N) is 2. The van der Waals surface area contributed by atoms with Crippen LogP contribution in [0.3, 0.4) is 0 Å². The van der Waals surface area contributed by atoms with Crippen LogP contribution >= 0.6 is 0 Å². The van der Waals surface area contributed by atoms with Crippen LogP contribution in [0.25, 0.3) is 10.9 Å². The van der Waals surface area contributed by atoms with E-state index in [-0.39, 0.29) is 13.1 Å². The molecule has 0 aliphatic carbocycles. The summed E-state index contributed by atoms with van der Waals surface area (Å²) in [6.45, 7) is -1.07. The number of ether oxygens (including phenoxy) is 1. The molecule has 2 heterocycles. The summed E-state index contributed by atoms with van der Waals surface area (Å²) >= 11 is 0. The molecule has 0 aliphatic heterocycles. The second kappa shape index (κ2) is 5.99. The molecule has 3 rings (SSSR count). The summed E-state index contributed by atoms with van der Waals surface area (Å²) in [6, 6.07) is 7.66. The lowest BCUT2D eigenvalue weighted by atomic mass is 10.1. The highest BCUT2D eigenvalue weighted by atomic mass is 19.3. The van der Waals surface area contributed by atoms with Crippen molar-refractivity contribution in [3.63, 3.8) is 0 Å². The summed E-state index contributed by atoms with van der Waals surface area (Å²) < 4.78 is 28.7. The zero-order valence-corrected chi connectivity index (χ0v) is 12.0. The number of aryl methyl sites for hydroxylation is 1. The van der Waals surface area contributed by atoms with Crippen LogP contribution < -0.4 is 10.1 Å². The Bertz CT molecular complexity index is 870. The summed E-state index contributed by atoms with van der Waals surface area (Å²) in [5, 5.41) is 9.91. The van der Waals surface area contributed by atoms with Gasteiger partial charge < -0.3 is 10.1 Å². The number of alkyl halides is 2. The average molecular weight is 320 g/mol. The largest absolute Gasteiger partial charge is 0.435 e. The van der Waals surface area contributed by atoms with Crippen molar-refractivity contribution in [3.8, 4) is 5.75 Å². The molecule has 0 bridgehead atoms. The van der Waals surface area contributed by atoms with Gasteiger partial charge in [0.25, 0.3) is 5.91 Å². The van der Waals surface area contributed by atoms with Crippen LogP contribution in [0.15, 0.2) is 36.5 Å². The Labute approximate surface area is 131 Å². The number of carbonyl (C=O) groups is 1. The standard InChI is InChI=1S/C15H12F2N4O2.H2/c1-8-4-13(21-20-8)19-14(22)10-5-9-2-3-11(23-15(16)17)6-12(9)18-7-10;/h2-7,15H,1H3,(H2,19,20,21,22);1H. The predicted octanol–water partition coefficient (Wildman–Crippen LogP) is 3.37. The first kappa shape index (κ1) is 14.9. The summed E-state index contributed by atoms with van der Waals surface area (Å²) in [4.78, 5) is 16.3. The van der Waals surface area contributed by atoms with Crippen LogP contribution in [0.5, 0.6) is 5.75 Å². The molecular weight excluding hydrogens is 306 g/mol. The van der Waals surface area contributed by atoms with E-state index in [9.17, 15) is 13.6 Å². The Hall–Kier alpha value is -3.03. The molecule has 1 amide bonds. The Morgan fingerprint density at radius 2 is 2.17 bits per heavy atom. The van der Waals surface area contributed by atoms with E-state index in [1.54, 1.807) is 18.2 Å². The van der Waals surface area contributed by atoms with E-state index >= 15 is 0 Å². The second-order valence-corrected chi connectivity index (χ2v) is 4.85. The quantitative estimate of drug-likeness (QED) is 0.772. The Kier molecular flexibility index (Phi) is 3.88. The average Bonchev–Trinajstić information content (AvgIpc) is 2.91. The maximum absolute atomic E-state index is 12.2.